The number of hydrogen-bond donors (Lipinski definition) is 2. The first kappa shape index (κ1) is 16.0. The van der Waals surface area contributed by atoms with Crippen LogP contribution in [-0.4, -0.2) is 30.5 Å². The number of anilines is 1. The Morgan fingerprint density at radius 1 is 1.32 bits per heavy atom. The third kappa shape index (κ3) is 4.29. The van der Waals surface area contributed by atoms with Crippen molar-refractivity contribution in [2.45, 2.75) is 13.3 Å². The lowest BCUT2D eigenvalue weighted by Gasteiger charge is -2.07. The highest BCUT2D eigenvalue weighted by atomic mass is 32.1. The Hall–Kier alpha value is -2.41. The van der Waals surface area contributed by atoms with E-state index in [1.807, 2.05) is 19.1 Å². The predicted molar refractivity (Wildman–Crippen MR) is 85.4 cm³/mol. The summed E-state index contributed by atoms with van der Waals surface area (Å²) in [6.45, 7) is 2.10. The summed E-state index contributed by atoms with van der Waals surface area (Å²) in [4.78, 5) is 28.4. The number of aromatic nitrogens is 1. The summed E-state index contributed by atoms with van der Waals surface area (Å²) in [6, 6.07) is 7.13. The summed E-state index contributed by atoms with van der Waals surface area (Å²) in [5, 5.41) is 7.17. The van der Waals surface area contributed by atoms with Crippen molar-refractivity contribution in [1.29, 1.82) is 0 Å². The molecule has 0 aliphatic rings. The number of nitrogens with zero attached hydrogens (tertiary/aromatic N) is 1. The minimum atomic E-state index is -0.242. The van der Waals surface area contributed by atoms with E-state index in [-0.39, 0.29) is 24.8 Å². The normalized spacial score (nSPS) is 10.1. The van der Waals surface area contributed by atoms with Crippen LogP contribution in [0, 0.1) is 6.92 Å². The zero-order valence-electron chi connectivity index (χ0n) is 12.4. The molecule has 0 bridgehead atoms. The van der Waals surface area contributed by atoms with Crippen LogP contribution >= 0.6 is 11.3 Å². The van der Waals surface area contributed by atoms with Crippen molar-refractivity contribution in [2.24, 2.45) is 0 Å². The van der Waals surface area contributed by atoms with Gasteiger partial charge in [-0.05, 0) is 30.5 Å². The minimum Gasteiger partial charge on any atom is -0.495 e. The number of aryl methyl sites for hydroxylation is 1. The maximum absolute atomic E-state index is 11.9. The molecule has 2 rings (SSSR count). The average Bonchev–Trinajstić information content (AvgIpc) is 2.95. The number of pyridine rings is 1. The van der Waals surface area contributed by atoms with Gasteiger partial charge in [-0.15, -0.1) is 11.3 Å². The summed E-state index contributed by atoms with van der Waals surface area (Å²) in [5.41, 5.74) is 0.830. The maximum atomic E-state index is 11.9. The molecular weight excluding hydrogens is 302 g/mol. The second-order valence-corrected chi connectivity index (χ2v) is 5.45. The summed E-state index contributed by atoms with van der Waals surface area (Å²) in [6.07, 6.45) is 0.176. The van der Waals surface area contributed by atoms with E-state index in [0.29, 0.717) is 16.4 Å². The van der Waals surface area contributed by atoms with Crippen LogP contribution in [-0.2, 0) is 4.79 Å². The number of carbonyl (C=O) groups is 2. The summed E-state index contributed by atoms with van der Waals surface area (Å²) < 4.78 is 5.09. The lowest BCUT2D eigenvalue weighted by molar-refractivity contribution is -0.116. The molecule has 0 aliphatic heterocycles. The Labute approximate surface area is 132 Å². The van der Waals surface area contributed by atoms with Gasteiger partial charge in [0.25, 0.3) is 5.91 Å². The van der Waals surface area contributed by atoms with Crippen molar-refractivity contribution >= 4 is 29.0 Å². The predicted octanol–water partition coefficient (Wildman–Crippen LogP) is 2.22. The topological polar surface area (TPSA) is 80.3 Å². The van der Waals surface area contributed by atoms with E-state index in [2.05, 4.69) is 15.6 Å². The molecule has 0 fully saturated rings. The Morgan fingerprint density at radius 3 is 2.86 bits per heavy atom. The van der Waals surface area contributed by atoms with Crippen LogP contribution in [0.4, 0.5) is 5.82 Å². The smallest absolute Gasteiger partial charge is 0.265 e. The number of rotatable bonds is 6. The molecule has 2 aromatic rings. The number of thiophene rings is 1. The molecule has 0 saturated carbocycles. The van der Waals surface area contributed by atoms with Gasteiger partial charge in [0.2, 0.25) is 5.91 Å². The fraction of sp³-hybridized carbons (Fsp3) is 0.267. The first-order valence-corrected chi connectivity index (χ1v) is 7.61. The highest BCUT2D eigenvalue weighted by Crippen LogP contribution is 2.23. The van der Waals surface area contributed by atoms with Gasteiger partial charge in [-0.25, -0.2) is 4.98 Å². The summed E-state index contributed by atoms with van der Waals surface area (Å²) >= 11 is 1.30. The number of methoxy groups -OCH3 is 1. The van der Waals surface area contributed by atoms with Gasteiger partial charge < -0.3 is 15.4 Å². The molecule has 0 spiro atoms. The molecule has 22 heavy (non-hydrogen) atoms. The van der Waals surface area contributed by atoms with Crippen LogP contribution in [0.1, 0.15) is 21.8 Å². The molecule has 6 nitrogen and oxygen atoms in total. The Bertz CT molecular complexity index is 670. The van der Waals surface area contributed by atoms with Crippen molar-refractivity contribution in [3.05, 3.63) is 40.2 Å². The zero-order valence-corrected chi connectivity index (χ0v) is 13.2. The van der Waals surface area contributed by atoms with Gasteiger partial charge in [-0.3, -0.25) is 9.59 Å². The van der Waals surface area contributed by atoms with E-state index in [1.165, 1.54) is 18.4 Å². The fourth-order valence-corrected chi connectivity index (χ4v) is 2.59. The van der Waals surface area contributed by atoms with Crippen LogP contribution in [0.2, 0.25) is 0 Å². The summed E-state index contributed by atoms with van der Waals surface area (Å²) in [5.74, 6) is 0.608. The second-order valence-electron chi connectivity index (χ2n) is 4.54. The van der Waals surface area contributed by atoms with E-state index in [9.17, 15) is 9.59 Å². The average molecular weight is 319 g/mol. The molecule has 0 saturated heterocycles. The lowest BCUT2D eigenvalue weighted by atomic mass is 10.3. The van der Waals surface area contributed by atoms with Gasteiger partial charge >= 0.3 is 0 Å². The maximum Gasteiger partial charge on any atom is 0.265 e. The molecule has 2 aromatic heterocycles. The highest BCUT2D eigenvalue weighted by Gasteiger charge is 2.13. The fourth-order valence-electron chi connectivity index (χ4n) is 1.81. The standard InChI is InChI=1S/C15H17N3O3S/c1-10-4-3-5-12(17-10)18-13(19)6-8-16-15(20)14-11(21-2)7-9-22-14/h3-5,7,9H,6,8H2,1-2H3,(H,16,20)(H,17,18,19). The lowest BCUT2D eigenvalue weighted by Crippen LogP contribution is -2.27. The molecule has 2 N–H and O–H groups in total. The monoisotopic (exact) mass is 319 g/mol. The van der Waals surface area contributed by atoms with Crippen molar-refractivity contribution in [3.8, 4) is 5.75 Å². The minimum absolute atomic E-state index is 0.176. The van der Waals surface area contributed by atoms with Crippen LogP contribution < -0.4 is 15.4 Å². The molecule has 0 aliphatic carbocycles. The van der Waals surface area contributed by atoms with E-state index in [0.717, 1.165) is 5.69 Å². The quantitative estimate of drug-likeness (QED) is 0.855. The Balaban J connectivity index is 1.78. The van der Waals surface area contributed by atoms with Gasteiger partial charge in [0.1, 0.15) is 16.4 Å². The molecule has 2 amide bonds. The SMILES string of the molecule is COc1ccsc1C(=O)NCCC(=O)Nc1cccc(C)n1. The van der Waals surface area contributed by atoms with Crippen molar-refractivity contribution in [1.82, 2.24) is 10.3 Å². The zero-order chi connectivity index (χ0) is 15.9. The van der Waals surface area contributed by atoms with E-state index in [4.69, 9.17) is 4.74 Å². The van der Waals surface area contributed by atoms with Gasteiger partial charge in [-0.2, -0.15) is 0 Å². The summed E-state index contributed by atoms with van der Waals surface area (Å²) in [7, 11) is 1.52. The molecule has 0 radical (unpaired) electrons. The van der Waals surface area contributed by atoms with E-state index < -0.39 is 0 Å². The van der Waals surface area contributed by atoms with Crippen LogP contribution in [0.15, 0.2) is 29.6 Å². The molecule has 7 heteroatoms. The van der Waals surface area contributed by atoms with Crippen LogP contribution in [0.5, 0.6) is 5.75 Å². The highest BCUT2D eigenvalue weighted by molar-refractivity contribution is 7.12. The molecule has 0 atom stereocenters. The van der Waals surface area contributed by atoms with Crippen molar-refractivity contribution in [3.63, 3.8) is 0 Å². The number of nitrogens with one attached hydrogen (secondary N) is 2. The van der Waals surface area contributed by atoms with Crippen LogP contribution in [0.3, 0.4) is 0 Å². The molecule has 0 aromatic carbocycles. The number of hydrogen-bond acceptors (Lipinski definition) is 5. The largest absolute Gasteiger partial charge is 0.495 e. The second kappa shape index (κ2) is 7.56. The number of amides is 2. The molecule has 116 valence electrons. The first-order valence-electron chi connectivity index (χ1n) is 6.73. The molecule has 0 unspecified atom stereocenters. The molecule has 2 heterocycles. The van der Waals surface area contributed by atoms with Crippen molar-refractivity contribution in [2.75, 3.05) is 19.0 Å². The molecular formula is C15H17N3O3S. The third-order valence-electron chi connectivity index (χ3n) is 2.85. The third-order valence-corrected chi connectivity index (χ3v) is 3.74. The van der Waals surface area contributed by atoms with Gasteiger partial charge in [-0.1, -0.05) is 6.07 Å². The first-order chi connectivity index (χ1) is 10.6. The van der Waals surface area contributed by atoms with Crippen molar-refractivity contribution < 1.29 is 14.3 Å². The van der Waals surface area contributed by atoms with Gasteiger partial charge in [0, 0.05) is 18.7 Å². The van der Waals surface area contributed by atoms with Crippen LogP contribution in [0.25, 0.3) is 0 Å². The Kier molecular flexibility index (Phi) is 5.48. The van der Waals surface area contributed by atoms with E-state index >= 15 is 0 Å². The number of carbonyl (C=O) groups excluding carboxylic acids is 2. The van der Waals surface area contributed by atoms with E-state index in [1.54, 1.807) is 17.5 Å². The van der Waals surface area contributed by atoms with Gasteiger partial charge in [0.15, 0.2) is 0 Å². The van der Waals surface area contributed by atoms with Gasteiger partial charge in [0.05, 0.1) is 7.11 Å². The number of ether oxygens (including phenoxy) is 1. The Morgan fingerprint density at radius 2 is 2.14 bits per heavy atom.